The van der Waals surface area contributed by atoms with E-state index in [9.17, 15) is 9.59 Å². The van der Waals surface area contributed by atoms with Crippen molar-refractivity contribution in [3.63, 3.8) is 0 Å². The quantitative estimate of drug-likeness (QED) is 0.715. The van der Waals surface area contributed by atoms with E-state index < -0.39 is 5.97 Å². The number of rotatable bonds is 6. The third-order valence-corrected chi connectivity index (χ3v) is 7.09. The fourth-order valence-corrected chi connectivity index (χ4v) is 6.48. The van der Waals surface area contributed by atoms with Gasteiger partial charge in [0.1, 0.15) is 0 Å². The number of amides is 1. The molecule has 6 heteroatoms. The van der Waals surface area contributed by atoms with E-state index in [1.54, 1.807) is 11.4 Å². The highest BCUT2D eigenvalue weighted by atomic mass is 32.1. The molecule has 4 aliphatic rings. The predicted octanol–water partition coefficient (Wildman–Crippen LogP) is 3.62. The normalized spacial score (nSPS) is 31.4. The minimum absolute atomic E-state index is 0.114. The van der Waals surface area contributed by atoms with Crippen LogP contribution in [0.5, 0.6) is 0 Å². The summed E-state index contributed by atoms with van der Waals surface area (Å²) in [6.07, 6.45) is 7.37. The Kier molecular flexibility index (Phi) is 4.74. The van der Waals surface area contributed by atoms with Crippen LogP contribution in [0.15, 0.2) is 16.8 Å². The number of thiophene rings is 1. The molecule has 1 aromatic rings. The number of ether oxygens (including phenoxy) is 1. The molecule has 1 aromatic heterocycles. The third-order valence-electron chi connectivity index (χ3n) is 6.41. The smallest absolute Gasteiger partial charge is 0.339 e. The standard InChI is InChI=1S/C20H24N2O3S/c21-3-1-4-22(18(23)12-25-19(24)17-2-5-26-13-17)20-9-14-6-15(10-20)8-16(7-14)11-20/h2,5,13-16H,1,4,6-12H2. The number of esters is 1. The summed E-state index contributed by atoms with van der Waals surface area (Å²) in [6, 6.07) is 3.87. The summed E-state index contributed by atoms with van der Waals surface area (Å²) in [5.74, 6) is 1.54. The summed E-state index contributed by atoms with van der Waals surface area (Å²) in [5, 5.41) is 12.6. The summed E-state index contributed by atoms with van der Waals surface area (Å²) in [5.41, 5.74) is 0.374. The highest BCUT2D eigenvalue weighted by Gasteiger charge is 2.54. The molecule has 26 heavy (non-hydrogen) atoms. The zero-order valence-electron chi connectivity index (χ0n) is 14.9. The first-order valence-electron chi connectivity index (χ1n) is 9.46. The van der Waals surface area contributed by atoms with Crippen molar-refractivity contribution >= 4 is 23.2 Å². The maximum Gasteiger partial charge on any atom is 0.339 e. The molecule has 1 heterocycles. The molecule has 0 aliphatic heterocycles. The molecule has 4 saturated carbocycles. The van der Waals surface area contributed by atoms with E-state index >= 15 is 0 Å². The van der Waals surface area contributed by atoms with Gasteiger partial charge in [-0.3, -0.25) is 4.79 Å². The molecule has 4 bridgehead atoms. The van der Waals surface area contributed by atoms with Crippen molar-refractivity contribution in [1.82, 2.24) is 4.90 Å². The van der Waals surface area contributed by atoms with Crippen LogP contribution >= 0.6 is 11.3 Å². The van der Waals surface area contributed by atoms with Gasteiger partial charge in [0.25, 0.3) is 5.91 Å². The monoisotopic (exact) mass is 372 g/mol. The second kappa shape index (κ2) is 7.03. The number of carbonyl (C=O) groups is 2. The molecule has 0 atom stereocenters. The maximum atomic E-state index is 13.0. The van der Waals surface area contributed by atoms with Crippen LogP contribution in [0.1, 0.15) is 55.3 Å². The Bertz CT molecular complexity index is 687. The first-order chi connectivity index (χ1) is 12.6. The van der Waals surface area contributed by atoms with Gasteiger partial charge in [-0.05, 0) is 67.7 Å². The van der Waals surface area contributed by atoms with Gasteiger partial charge in [-0.15, -0.1) is 0 Å². The molecule has 0 N–H and O–H groups in total. The lowest BCUT2D eigenvalue weighted by molar-refractivity contribution is -0.153. The highest BCUT2D eigenvalue weighted by Crippen LogP contribution is 2.57. The molecule has 0 spiro atoms. The summed E-state index contributed by atoms with van der Waals surface area (Å²) in [4.78, 5) is 26.9. The fraction of sp³-hybridized carbons (Fsp3) is 0.650. The van der Waals surface area contributed by atoms with Gasteiger partial charge in [0.05, 0.1) is 18.1 Å². The van der Waals surface area contributed by atoms with Gasteiger partial charge in [-0.25, -0.2) is 4.79 Å². The van der Waals surface area contributed by atoms with E-state index in [1.807, 2.05) is 10.3 Å². The van der Waals surface area contributed by atoms with Gasteiger partial charge in [-0.2, -0.15) is 16.6 Å². The van der Waals surface area contributed by atoms with Crippen molar-refractivity contribution < 1.29 is 14.3 Å². The summed E-state index contributed by atoms with van der Waals surface area (Å²) in [7, 11) is 0. The minimum atomic E-state index is -0.453. The van der Waals surface area contributed by atoms with E-state index in [0.29, 0.717) is 36.3 Å². The zero-order valence-corrected chi connectivity index (χ0v) is 15.7. The van der Waals surface area contributed by atoms with E-state index in [4.69, 9.17) is 10.00 Å². The number of hydrogen-bond donors (Lipinski definition) is 0. The Hall–Kier alpha value is -1.87. The van der Waals surface area contributed by atoms with E-state index in [1.165, 1.54) is 30.6 Å². The lowest BCUT2D eigenvalue weighted by atomic mass is 9.52. The largest absolute Gasteiger partial charge is 0.452 e. The molecule has 4 fully saturated rings. The molecule has 5 rings (SSSR count). The van der Waals surface area contributed by atoms with Crippen LogP contribution in [-0.4, -0.2) is 35.5 Å². The molecule has 0 unspecified atom stereocenters. The van der Waals surface area contributed by atoms with Gasteiger partial charge < -0.3 is 9.64 Å². The van der Waals surface area contributed by atoms with Crippen LogP contribution < -0.4 is 0 Å². The van der Waals surface area contributed by atoms with Crippen molar-refractivity contribution in [1.29, 1.82) is 5.26 Å². The predicted molar refractivity (Wildman–Crippen MR) is 97.4 cm³/mol. The van der Waals surface area contributed by atoms with E-state index in [2.05, 4.69) is 6.07 Å². The molecule has 1 amide bonds. The second-order valence-electron chi connectivity index (χ2n) is 8.18. The van der Waals surface area contributed by atoms with Crippen LogP contribution in [0, 0.1) is 29.1 Å². The van der Waals surface area contributed by atoms with Crippen molar-refractivity contribution in [2.45, 2.75) is 50.5 Å². The number of carbonyl (C=O) groups excluding carboxylic acids is 2. The van der Waals surface area contributed by atoms with Gasteiger partial charge >= 0.3 is 5.97 Å². The van der Waals surface area contributed by atoms with Gasteiger partial charge in [0.2, 0.25) is 0 Å². The molecular formula is C20H24N2O3S. The van der Waals surface area contributed by atoms with Crippen molar-refractivity contribution in [2.24, 2.45) is 17.8 Å². The fourth-order valence-electron chi connectivity index (χ4n) is 5.85. The van der Waals surface area contributed by atoms with Crippen molar-refractivity contribution in [3.8, 4) is 6.07 Å². The average molecular weight is 372 g/mol. The SMILES string of the molecule is N#CCCN(C(=O)COC(=O)c1ccsc1)C12CC3CC(CC(C3)C1)C2. The van der Waals surface area contributed by atoms with E-state index in [0.717, 1.165) is 19.3 Å². The number of hydrogen-bond acceptors (Lipinski definition) is 5. The third kappa shape index (κ3) is 3.25. The summed E-state index contributed by atoms with van der Waals surface area (Å²) < 4.78 is 5.27. The van der Waals surface area contributed by atoms with Gasteiger partial charge in [-0.1, -0.05) is 0 Å². The van der Waals surface area contributed by atoms with Crippen LogP contribution in [0.3, 0.4) is 0 Å². The van der Waals surface area contributed by atoms with Crippen molar-refractivity contribution in [2.75, 3.05) is 13.2 Å². The summed E-state index contributed by atoms with van der Waals surface area (Å²) in [6.45, 7) is 0.208. The van der Waals surface area contributed by atoms with Crippen LogP contribution in [0.25, 0.3) is 0 Å². The average Bonchev–Trinajstić information content (AvgIpc) is 3.13. The van der Waals surface area contributed by atoms with Crippen LogP contribution in [-0.2, 0) is 9.53 Å². The Morgan fingerprint density at radius 2 is 1.88 bits per heavy atom. The zero-order chi connectivity index (χ0) is 18.1. The molecular weight excluding hydrogens is 348 g/mol. The molecule has 138 valence electrons. The molecule has 0 saturated heterocycles. The first-order valence-corrected chi connectivity index (χ1v) is 10.4. The van der Waals surface area contributed by atoms with Crippen LogP contribution in [0.2, 0.25) is 0 Å². The Balaban J connectivity index is 1.47. The van der Waals surface area contributed by atoms with Crippen molar-refractivity contribution in [3.05, 3.63) is 22.4 Å². The lowest BCUT2D eigenvalue weighted by Gasteiger charge is -2.60. The molecule has 0 radical (unpaired) electrons. The molecule has 5 nitrogen and oxygen atoms in total. The topological polar surface area (TPSA) is 70.4 Å². The van der Waals surface area contributed by atoms with Gasteiger partial charge in [0, 0.05) is 17.5 Å². The number of nitrogens with zero attached hydrogens (tertiary/aromatic N) is 2. The molecule has 4 aliphatic carbocycles. The number of nitriles is 1. The summed E-state index contributed by atoms with van der Waals surface area (Å²) >= 11 is 1.43. The van der Waals surface area contributed by atoms with Gasteiger partial charge in [0.15, 0.2) is 6.61 Å². The Morgan fingerprint density at radius 1 is 1.23 bits per heavy atom. The lowest BCUT2D eigenvalue weighted by Crippen LogP contribution is -2.62. The maximum absolute atomic E-state index is 13.0. The Morgan fingerprint density at radius 3 is 2.42 bits per heavy atom. The van der Waals surface area contributed by atoms with E-state index in [-0.39, 0.29) is 18.1 Å². The highest BCUT2D eigenvalue weighted by molar-refractivity contribution is 7.08. The first kappa shape index (κ1) is 17.5. The van der Waals surface area contributed by atoms with Crippen LogP contribution in [0.4, 0.5) is 0 Å². The molecule has 0 aromatic carbocycles. The second-order valence-corrected chi connectivity index (χ2v) is 8.96. The Labute approximate surface area is 157 Å². The minimum Gasteiger partial charge on any atom is -0.452 e.